The lowest BCUT2D eigenvalue weighted by molar-refractivity contribution is 0.102. The minimum atomic E-state index is -0.460. The van der Waals surface area contributed by atoms with Gasteiger partial charge >= 0.3 is 0 Å². The number of aryl methyl sites for hydroxylation is 1. The first kappa shape index (κ1) is 19.7. The lowest BCUT2D eigenvalue weighted by Crippen LogP contribution is -2.29. The van der Waals surface area contributed by atoms with Crippen LogP contribution in [0.5, 0.6) is 0 Å². The highest BCUT2D eigenvalue weighted by Crippen LogP contribution is 2.32. The molecule has 30 heavy (non-hydrogen) atoms. The standard InChI is InChI=1S/C22H19ClN6O/c1-15-18(19(23)29(27-15)22(2)11-7-4-8-12-22)21(30)26-20-16(13-24)14-25-28(20)17-9-5-3-6-10-17/h3-11,14H,12H2,1-2H3,(H,26,30). The average Bonchev–Trinajstić information content (AvgIpc) is 3.29. The number of aromatic nitrogens is 4. The van der Waals surface area contributed by atoms with Crippen LogP contribution >= 0.6 is 11.6 Å². The first-order valence-electron chi connectivity index (χ1n) is 9.39. The predicted molar refractivity (Wildman–Crippen MR) is 115 cm³/mol. The normalized spacial score (nSPS) is 17.7. The van der Waals surface area contributed by atoms with Crippen LogP contribution in [0, 0.1) is 18.3 Å². The molecule has 0 saturated heterocycles. The number of halogens is 1. The molecule has 0 fully saturated rings. The summed E-state index contributed by atoms with van der Waals surface area (Å²) in [5.41, 5.74) is 1.29. The van der Waals surface area contributed by atoms with Crippen LogP contribution in [0.15, 0.2) is 60.8 Å². The van der Waals surface area contributed by atoms with Gasteiger partial charge in [-0.25, -0.2) is 9.36 Å². The van der Waals surface area contributed by atoms with Crippen molar-refractivity contribution in [2.45, 2.75) is 25.8 Å². The van der Waals surface area contributed by atoms with E-state index in [1.165, 1.54) is 10.9 Å². The quantitative estimate of drug-likeness (QED) is 0.680. The number of carbonyl (C=O) groups is 1. The van der Waals surface area contributed by atoms with Crippen molar-refractivity contribution in [2.24, 2.45) is 0 Å². The number of allylic oxidation sites excluding steroid dienone is 4. The molecular formula is C22H19ClN6O. The number of hydrogen-bond acceptors (Lipinski definition) is 4. The molecule has 1 N–H and O–H groups in total. The van der Waals surface area contributed by atoms with Gasteiger partial charge in [-0.3, -0.25) is 4.79 Å². The Morgan fingerprint density at radius 2 is 2.07 bits per heavy atom. The van der Waals surface area contributed by atoms with Gasteiger partial charge in [-0.05, 0) is 32.4 Å². The van der Waals surface area contributed by atoms with Crippen LogP contribution in [0.1, 0.15) is 35.0 Å². The number of para-hydroxylation sites is 1. The van der Waals surface area contributed by atoms with Gasteiger partial charge in [-0.1, -0.05) is 54.1 Å². The Labute approximate surface area is 178 Å². The molecule has 1 amide bonds. The molecule has 1 aliphatic rings. The van der Waals surface area contributed by atoms with Crippen LogP contribution in [0.4, 0.5) is 5.82 Å². The van der Waals surface area contributed by atoms with Gasteiger partial charge in [0.25, 0.3) is 5.91 Å². The Morgan fingerprint density at radius 3 is 2.73 bits per heavy atom. The molecule has 1 atom stereocenters. The Morgan fingerprint density at radius 1 is 1.30 bits per heavy atom. The molecule has 0 aliphatic heterocycles. The van der Waals surface area contributed by atoms with Crippen molar-refractivity contribution < 1.29 is 4.79 Å². The van der Waals surface area contributed by atoms with E-state index in [1.807, 2.05) is 61.6 Å². The van der Waals surface area contributed by atoms with E-state index in [0.29, 0.717) is 12.1 Å². The van der Waals surface area contributed by atoms with Crippen LogP contribution in [-0.2, 0) is 5.54 Å². The molecule has 4 rings (SSSR count). The fourth-order valence-corrected chi connectivity index (χ4v) is 3.91. The van der Waals surface area contributed by atoms with E-state index in [4.69, 9.17) is 11.6 Å². The molecule has 2 heterocycles. The third-order valence-corrected chi connectivity index (χ3v) is 5.42. The van der Waals surface area contributed by atoms with Crippen molar-refractivity contribution in [3.05, 3.63) is 82.8 Å². The summed E-state index contributed by atoms with van der Waals surface area (Å²) >= 11 is 6.61. The topological polar surface area (TPSA) is 88.5 Å². The monoisotopic (exact) mass is 418 g/mol. The molecule has 0 bridgehead atoms. The lowest BCUT2D eigenvalue weighted by Gasteiger charge is -2.27. The SMILES string of the molecule is Cc1nn(C2(C)C=CC=CC2)c(Cl)c1C(=O)Nc1c(C#N)cnn1-c1ccccc1. The van der Waals surface area contributed by atoms with Gasteiger partial charge in [0, 0.05) is 0 Å². The lowest BCUT2D eigenvalue weighted by atomic mass is 9.94. The molecule has 7 nitrogen and oxygen atoms in total. The highest BCUT2D eigenvalue weighted by molar-refractivity contribution is 6.33. The number of nitriles is 1. The molecule has 0 spiro atoms. The number of carbonyl (C=O) groups excluding carboxylic acids is 1. The number of nitrogens with zero attached hydrogens (tertiary/aromatic N) is 5. The van der Waals surface area contributed by atoms with E-state index in [-0.39, 0.29) is 22.1 Å². The van der Waals surface area contributed by atoms with Crippen molar-refractivity contribution in [1.82, 2.24) is 19.6 Å². The maximum absolute atomic E-state index is 13.2. The van der Waals surface area contributed by atoms with Crippen molar-refractivity contribution in [1.29, 1.82) is 5.26 Å². The molecule has 1 aromatic carbocycles. The molecule has 3 aromatic rings. The minimum Gasteiger partial charge on any atom is -0.305 e. The Kier molecular flexibility index (Phi) is 5.02. The van der Waals surface area contributed by atoms with E-state index in [1.54, 1.807) is 11.6 Å². The largest absolute Gasteiger partial charge is 0.305 e. The zero-order valence-corrected chi connectivity index (χ0v) is 17.3. The highest BCUT2D eigenvalue weighted by atomic mass is 35.5. The first-order chi connectivity index (χ1) is 14.4. The van der Waals surface area contributed by atoms with Gasteiger partial charge < -0.3 is 5.32 Å². The van der Waals surface area contributed by atoms with Crippen molar-refractivity contribution >= 4 is 23.3 Å². The van der Waals surface area contributed by atoms with Crippen molar-refractivity contribution in [2.75, 3.05) is 5.32 Å². The highest BCUT2D eigenvalue weighted by Gasteiger charge is 2.31. The smallest absolute Gasteiger partial charge is 0.261 e. The first-order valence-corrected chi connectivity index (χ1v) is 9.77. The number of anilines is 1. The van der Waals surface area contributed by atoms with Crippen molar-refractivity contribution in [3.8, 4) is 11.8 Å². The molecule has 1 unspecified atom stereocenters. The summed E-state index contributed by atoms with van der Waals surface area (Å²) in [5.74, 6) is -0.166. The Balaban J connectivity index is 1.71. The van der Waals surface area contributed by atoms with Crippen LogP contribution in [-0.4, -0.2) is 25.5 Å². The summed E-state index contributed by atoms with van der Waals surface area (Å²) in [6.07, 6.45) is 10.1. The molecule has 0 saturated carbocycles. The molecule has 0 radical (unpaired) electrons. The number of benzene rings is 1. The van der Waals surface area contributed by atoms with E-state index in [2.05, 4.69) is 21.6 Å². The van der Waals surface area contributed by atoms with Crippen LogP contribution in [0.3, 0.4) is 0 Å². The van der Waals surface area contributed by atoms with Gasteiger partial charge in [0.2, 0.25) is 0 Å². The fraction of sp³-hybridized carbons (Fsp3) is 0.182. The number of rotatable bonds is 4. The third kappa shape index (κ3) is 3.31. The summed E-state index contributed by atoms with van der Waals surface area (Å²) in [5, 5.41) is 21.3. The van der Waals surface area contributed by atoms with Gasteiger partial charge in [0.1, 0.15) is 16.8 Å². The third-order valence-electron chi connectivity index (χ3n) is 5.07. The fourth-order valence-electron chi connectivity index (χ4n) is 3.45. The Hall–Kier alpha value is -3.63. The van der Waals surface area contributed by atoms with E-state index < -0.39 is 11.4 Å². The van der Waals surface area contributed by atoms with Gasteiger partial charge in [0.05, 0.1) is 28.7 Å². The van der Waals surface area contributed by atoms with E-state index in [9.17, 15) is 10.1 Å². The van der Waals surface area contributed by atoms with Crippen LogP contribution in [0.2, 0.25) is 5.15 Å². The molecule has 8 heteroatoms. The Bertz CT molecular complexity index is 1210. The molecule has 150 valence electrons. The molecule has 1 aliphatic carbocycles. The van der Waals surface area contributed by atoms with Crippen LogP contribution in [0.25, 0.3) is 5.69 Å². The van der Waals surface area contributed by atoms with E-state index in [0.717, 1.165) is 5.69 Å². The average molecular weight is 419 g/mol. The summed E-state index contributed by atoms with van der Waals surface area (Å²) in [4.78, 5) is 13.2. The maximum atomic E-state index is 13.2. The predicted octanol–water partition coefficient (Wildman–Crippen LogP) is 4.39. The van der Waals surface area contributed by atoms with Gasteiger partial charge in [-0.2, -0.15) is 15.5 Å². The van der Waals surface area contributed by atoms with E-state index >= 15 is 0 Å². The number of amides is 1. The zero-order valence-electron chi connectivity index (χ0n) is 16.5. The number of hydrogen-bond donors (Lipinski definition) is 1. The summed E-state index contributed by atoms with van der Waals surface area (Å²) in [6.45, 7) is 3.74. The second kappa shape index (κ2) is 7.65. The van der Waals surface area contributed by atoms with Gasteiger partial charge in [0.15, 0.2) is 5.82 Å². The number of nitrogens with one attached hydrogen (secondary N) is 1. The second-order valence-electron chi connectivity index (χ2n) is 7.23. The maximum Gasteiger partial charge on any atom is 0.261 e. The zero-order chi connectivity index (χ0) is 21.3. The summed E-state index contributed by atoms with van der Waals surface area (Å²) < 4.78 is 3.18. The molecular weight excluding hydrogens is 400 g/mol. The van der Waals surface area contributed by atoms with Crippen molar-refractivity contribution in [3.63, 3.8) is 0 Å². The second-order valence-corrected chi connectivity index (χ2v) is 7.59. The van der Waals surface area contributed by atoms with Gasteiger partial charge in [-0.15, -0.1) is 0 Å². The van der Waals surface area contributed by atoms with Crippen LogP contribution < -0.4 is 5.32 Å². The minimum absolute atomic E-state index is 0.247. The molecule has 2 aromatic heterocycles. The summed E-state index contributed by atoms with van der Waals surface area (Å²) in [7, 11) is 0. The summed E-state index contributed by atoms with van der Waals surface area (Å²) in [6, 6.07) is 11.3.